The van der Waals surface area contributed by atoms with E-state index < -0.39 is 5.97 Å². The number of thiophene rings is 1. The molecule has 0 aliphatic heterocycles. The lowest BCUT2D eigenvalue weighted by Gasteiger charge is -2.10. The van der Waals surface area contributed by atoms with Gasteiger partial charge in [-0.15, -0.1) is 11.3 Å². The molecule has 6 nitrogen and oxygen atoms in total. The second-order valence-corrected chi connectivity index (χ2v) is 8.97. The summed E-state index contributed by atoms with van der Waals surface area (Å²) in [5, 5.41) is 5.20. The number of halogens is 1. The molecular weight excluding hydrogens is 506 g/mol. The molecule has 0 aliphatic carbocycles. The van der Waals surface area contributed by atoms with Crippen LogP contribution >= 0.6 is 27.3 Å². The second-order valence-electron chi connectivity index (χ2n) is 7.24. The maximum atomic E-state index is 12.7. The molecule has 0 bridgehead atoms. The van der Waals surface area contributed by atoms with E-state index in [9.17, 15) is 9.59 Å². The number of carbonyl (C=O) groups is 2. The molecule has 3 rings (SSSR count). The van der Waals surface area contributed by atoms with Gasteiger partial charge in [0.25, 0.3) is 0 Å². The highest BCUT2D eigenvalue weighted by atomic mass is 79.9. The highest BCUT2D eigenvalue weighted by Crippen LogP contribution is 2.37. The lowest BCUT2D eigenvalue weighted by Crippen LogP contribution is -2.15. The highest BCUT2D eigenvalue weighted by Gasteiger charge is 2.22. The van der Waals surface area contributed by atoms with E-state index in [1.54, 1.807) is 14.0 Å². The fourth-order valence-corrected chi connectivity index (χ4v) is 4.75. The normalized spacial score (nSPS) is 10.5. The molecule has 3 aromatic rings. The molecule has 0 saturated carbocycles. The molecule has 0 saturated heterocycles. The average Bonchev–Trinajstić information content (AvgIpc) is 3.21. The number of hydrogen-bond acceptors (Lipinski definition) is 6. The van der Waals surface area contributed by atoms with Gasteiger partial charge in [0, 0.05) is 17.4 Å². The van der Waals surface area contributed by atoms with Crippen LogP contribution in [0.25, 0.3) is 11.1 Å². The molecule has 0 aliphatic rings. The first-order valence-corrected chi connectivity index (χ1v) is 12.2. The Hall–Kier alpha value is -2.84. The Labute approximate surface area is 206 Å². The number of nitrogens with one attached hydrogen (secondary N) is 1. The molecule has 0 fully saturated rings. The van der Waals surface area contributed by atoms with Gasteiger partial charge in [-0.1, -0.05) is 18.2 Å². The van der Waals surface area contributed by atoms with Gasteiger partial charge in [0.2, 0.25) is 5.91 Å². The fraction of sp³-hybridized carbons (Fsp3) is 0.280. The first-order valence-electron chi connectivity index (χ1n) is 10.5. The summed E-state index contributed by atoms with van der Waals surface area (Å²) in [4.78, 5) is 25.2. The Balaban J connectivity index is 1.65. The minimum absolute atomic E-state index is 0.185. The molecule has 1 amide bonds. The van der Waals surface area contributed by atoms with Gasteiger partial charge in [0.15, 0.2) is 0 Å². The number of anilines is 1. The minimum Gasteiger partial charge on any atom is -0.497 e. The molecule has 33 heavy (non-hydrogen) atoms. The first kappa shape index (κ1) is 24.8. The van der Waals surface area contributed by atoms with Crippen LogP contribution in [0.4, 0.5) is 5.00 Å². The number of aryl methyl sites for hydroxylation is 1. The van der Waals surface area contributed by atoms with Crippen molar-refractivity contribution in [3.05, 3.63) is 63.4 Å². The largest absolute Gasteiger partial charge is 0.497 e. The number of hydrogen-bond donors (Lipinski definition) is 1. The summed E-state index contributed by atoms with van der Waals surface area (Å²) in [6, 6.07) is 13.2. The summed E-state index contributed by atoms with van der Waals surface area (Å²) in [5.74, 6) is 0.816. The van der Waals surface area contributed by atoms with E-state index in [0.29, 0.717) is 29.2 Å². The lowest BCUT2D eigenvalue weighted by molar-refractivity contribution is -0.116. The van der Waals surface area contributed by atoms with Crippen LogP contribution in [-0.4, -0.2) is 32.2 Å². The smallest absolute Gasteiger partial charge is 0.341 e. The number of benzene rings is 2. The van der Waals surface area contributed by atoms with Crippen LogP contribution < -0.4 is 14.8 Å². The maximum Gasteiger partial charge on any atom is 0.341 e. The predicted molar refractivity (Wildman–Crippen MR) is 135 cm³/mol. The van der Waals surface area contributed by atoms with Gasteiger partial charge >= 0.3 is 5.97 Å². The van der Waals surface area contributed by atoms with E-state index >= 15 is 0 Å². The lowest BCUT2D eigenvalue weighted by atomic mass is 10.0. The van der Waals surface area contributed by atoms with E-state index in [2.05, 4.69) is 21.2 Å². The quantitative estimate of drug-likeness (QED) is 0.239. The van der Waals surface area contributed by atoms with Crippen molar-refractivity contribution in [3.8, 4) is 22.6 Å². The molecule has 8 heteroatoms. The van der Waals surface area contributed by atoms with E-state index in [1.165, 1.54) is 11.3 Å². The Morgan fingerprint density at radius 2 is 1.88 bits per heavy atom. The maximum absolute atomic E-state index is 12.7. The van der Waals surface area contributed by atoms with Gasteiger partial charge in [-0.05, 0) is 71.6 Å². The van der Waals surface area contributed by atoms with Crippen molar-refractivity contribution in [1.29, 1.82) is 0 Å². The topological polar surface area (TPSA) is 73.9 Å². The van der Waals surface area contributed by atoms with Crippen LogP contribution in [0.15, 0.2) is 52.3 Å². The highest BCUT2D eigenvalue weighted by molar-refractivity contribution is 9.10. The summed E-state index contributed by atoms with van der Waals surface area (Å²) >= 11 is 4.78. The first-order chi connectivity index (χ1) is 15.9. The fourth-order valence-electron chi connectivity index (χ4n) is 3.17. The molecule has 1 aromatic heterocycles. The van der Waals surface area contributed by atoms with E-state index in [0.717, 1.165) is 27.1 Å². The Bertz CT molecular complexity index is 1110. The Kier molecular flexibility index (Phi) is 8.91. The van der Waals surface area contributed by atoms with Crippen LogP contribution in [0.5, 0.6) is 11.5 Å². The number of amides is 1. The van der Waals surface area contributed by atoms with Gasteiger partial charge in [-0.2, -0.15) is 0 Å². The summed E-state index contributed by atoms with van der Waals surface area (Å²) in [6.07, 6.45) is 0.805. The average molecular weight is 532 g/mol. The van der Waals surface area contributed by atoms with Crippen LogP contribution in [-0.2, 0) is 9.53 Å². The summed E-state index contributed by atoms with van der Waals surface area (Å²) in [7, 11) is 1.60. The zero-order valence-electron chi connectivity index (χ0n) is 18.8. The van der Waals surface area contributed by atoms with Crippen LogP contribution in [0.1, 0.15) is 35.7 Å². The number of esters is 1. The number of rotatable bonds is 10. The standard InChI is InChI=1S/C25H26BrNO5S/c1-4-31-25(29)23-19(17-8-10-18(30-3)11-9-17)15-33-24(23)27-22(28)6-5-13-32-21-12-7-16(2)14-20(21)26/h7-12,14-15H,4-6,13H2,1-3H3,(H,27,28). The Morgan fingerprint density at radius 1 is 1.12 bits per heavy atom. The van der Waals surface area contributed by atoms with Crippen LogP contribution in [0.3, 0.4) is 0 Å². The molecule has 1 heterocycles. The van der Waals surface area contributed by atoms with Crippen molar-refractivity contribution >= 4 is 44.1 Å². The van der Waals surface area contributed by atoms with Gasteiger partial charge < -0.3 is 19.5 Å². The third-order valence-electron chi connectivity index (χ3n) is 4.82. The van der Waals surface area contributed by atoms with Crippen molar-refractivity contribution in [2.75, 3.05) is 25.6 Å². The van der Waals surface area contributed by atoms with E-state index in [1.807, 2.05) is 54.8 Å². The number of ether oxygens (including phenoxy) is 3. The zero-order chi connectivity index (χ0) is 23.8. The number of carbonyl (C=O) groups excluding carboxylic acids is 2. The third-order valence-corrected chi connectivity index (χ3v) is 6.33. The summed E-state index contributed by atoms with van der Waals surface area (Å²) < 4.78 is 17.1. The predicted octanol–water partition coefficient (Wildman–Crippen LogP) is 6.47. The van der Waals surface area contributed by atoms with Crippen molar-refractivity contribution in [1.82, 2.24) is 0 Å². The second kappa shape index (κ2) is 11.9. The van der Waals surface area contributed by atoms with E-state index in [-0.39, 0.29) is 18.9 Å². The van der Waals surface area contributed by atoms with E-state index in [4.69, 9.17) is 14.2 Å². The van der Waals surface area contributed by atoms with Crippen molar-refractivity contribution in [2.24, 2.45) is 0 Å². The van der Waals surface area contributed by atoms with Gasteiger partial charge in [0.05, 0.1) is 24.8 Å². The van der Waals surface area contributed by atoms with Gasteiger partial charge in [0.1, 0.15) is 22.1 Å². The molecule has 0 radical (unpaired) electrons. The summed E-state index contributed by atoms with van der Waals surface area (Å²) in [5.41, 5.74) is 3.05. The molecule has 1 N–H and O–H groups in total. The third kappa shape index (κ3) is 6.58. The van der Waals surface area contributed by atoms with Gasteiger partial charge in [-0.25, -0.2) is 4.79 Å². The molecular formula is C25H26BrNO5S. The molecule has 0 spiro atoms. The monoisotopic (exact) mass is 531 g/mol. The molecule has 0 atom stereocenters. The van der Waals surface area contributed by atoms with Crippen LogP contribution in [0, 0.1) is 6.92 Å². The molecule has 174 valence electrons. The number of methoxy groups -OCH3 is 1. The summed E-state index contributed by atoms with van der Waals surface area (Å²) in [6.45, 7) is 4.41. The Morgan fingerprint density at radius 3 is 2.55 bits per heavy atom. The zero-order valence-corrected chi connectivity index (χ0v) is 21.2. The SMILES string of the molecule is CCOC(=O)c1c(-c2ccc(OC)cc2)csc1NC(=O)CCCOc1ccc(C)cc1Br. The minimum atomic E-state index is -0.465. The van der Waals surface area contributed by atoms with Crippen molar-refractivity contribution in [3.63, 3.8) is 0 Å². The van der Waals surface area contributed by atoms with Crippen LogP contribution in [0.2, 0.25) is 0 Å². The van der Waals surface area contributed by atoms with Crippen molar-refractivity contribution < 1.29 is 23.8 Å². The molecule has 0 unspecified atom stereocenters. The van der Waals surface area contributed by atoms with Crippen molar-refractivity contribution in [2.45, 2.75) is 26.7 Å². The van der Waals surface area contributed by atoms with Gasteiger partial charge in [-0.3, -0.25) is 4.79 Å². The molecule has 2 aromatic carbocycles.